The molecule has 4 aromatic rings. The molecule has 1 saturated heterocycles. The first-order valence-electron chi connectivity index (χ1n) is 8.65. The molecule has 1 N–H and O–H groups in total. The number of thioether (sulfide) groups is 1. The molecule has 0 aliphatic carbocycles. The van der Waals surface area contributed by atoms with E-state index in [0.717, 1.165) is 28.1 Å². The number of ether oxygens (including phenoxy) is 1. The molecule has 0 amide bonds. The van der Waals surface area contributed by atoms with Gasteiger partial charge >= 0.3 is 5.97 Å². The number of hydrogen-bond acceptors (Lipinski definition) is 6. The number of nitrogens with zero attached hydrogens (tertiary/aromatic N) is 3. The number of carbonyl (C=O) groups is 1. The van der Waals surface area contributed by atoms with E-state index in [9.17, 15) is 4.79 Å². The summed E-state index contributed by atoms with van der Waals surface area (Å²) in [6.45, 7) is 0.942. The van der Waals surface area contributed by atoms with Gasteiger partial charge in [0.25, 0.3) is 0 Å². The Hall–Kier alpha value is -3.00. The quantitative estimate of drug-likeness (QED) is 0.534. The molecule has 0 bridgehead atoms. The Morgan fingerprint density at radius 3 is 2.96 bits per heavy atom. The van der Waals surface area contributed by atoms with Crippen molar-refractivity contribution in [3.63, 3.8) is 0 Å². The lowest BCUT2D eigenvalue weighted by Gasteiger charge is -2.10. The van der Waals surface area contributed by atoms with Crippen molar-refractivity contribution in [1.82, 2.24) is 19.7 Å². The molecule has 0 unspecified atom stereocenters. The molecule has 1 aliphatic heterocycles. The lowest BCUT2D eigenvalue weighted by molar-refractivity contribution is -0.137. The van der Waals surface area contributed by atoms with Crippen LogP contribution < -0.4 is 0 Å². The van der Waals surface area contributed by atoms with Gasteiger partial charge in [0.1, 0.15) is 11.0 Å². The first-order chi connectivity index (χ1) is 13.3. The summed E-state index contributed by atoms with van der Waals surface area (Å²) in [5.74, 6) is 1.34. The van der Waals surface area contributed by atoms with Crippen molar-refractivity contribution in [3.05, 3.63) is 54.6 Å². The number of H-pyrrole nitrogens is 1. The summed E-state index contributed by atoms with van der Waals surface area (Å²) in [6, 6.07) is 11.8. The van der Waals surface area contributed by atoms with Crippen molar-refractivity contribution in [3.8, 4) is 11.4 Å². The number of para-hydroxylation sites is 1. The smallest absolute Gasteiger partial charge is 0.319 e. The number of fused-ring (bicyclic) bond motifs is 1. The fraction of sp³-hybridized carbons (Fsp3) is 0.211. The third kappa shape index (κ3) is 2.91. The normalized spacial score (nSPS) is 16.9. The van der Waals surface area contributed by atoms with Crippen LogP contribution in [0, 0.1) is 0 Å². The SMILES string of the molecule is O=C1OCC[C@H]1Sc1nnc(-c2c[nH]c3ccccc23)n1Cc1ccco1. The Kier molecular flexibility index (Phi) is 3.97. The Labute approximate surface area is 158 Å². The van der Waals surface area contributed by atoms with Crippen LogP contribution in [0.25, 0.3) is 22.3 Å². The third-order valence-electron chi connectivity index (χ3n) is 4.58. The zero-order valence-electron chi connectivity index (χ0n) is 14.3. The number of cyclic esters (lactones) is 1. The summed E-state index contributed by atoms with van der Waals surface area (Å²) in [7, 11) is 0. The second-order valence-corrected chi connectivity index (χ2v) is 7.45. The van der Waals surface area contributed by atoms with Crippen LogP contribution in [-0.2, 0) is 16.1 Å². The molecule has 4 heterocycles. The number of furan rings is 1. The third-order valence-corrected chi connectivity index (χ3v) is 5.80. The van der Waals surface area contributed by atoms with Gasteiger partial charge in [-0.1, -0.05) is 30.0 Å². The molecule has 1 aliphatic rings. The molecule has 0 spiro atoms. The maximum Gasteiger partial charge on any atom is 0.319 e. The Morgan fingerprint density at radius 1 is 1.22 bits per heavy atom. The number of carbonyl (C=O) groups excluding carboxylic acids is 1. The minimum absolute atomic E-state index is 0.193. The molecule has 1 atom stereocenters. The van der Waals surface area contributed by atoms with Gasteiger partial charge in [0, 0.05) is 29.1 Å². The molecule has 27 heavy (non-hydrogen) atoms. The van der Waals surface area contributed by atoms with Gasteiger partial charge in [-0.3, -0.25) is 9.36 Å². The zero-order chi connectivity index (χ0) is 18.2. The Morgan fingerprint density at radius 2 is 2.15 bits per heavy atom. The van der Waals surface area contributed by atoms with Gasteiger partial charge in [0.2, 0.25) is 0 Å². The molecule has 0 saturated carbocycles. The van der Waals surface area contributed by atoms with Crippen LogP contribution in [0.15, 0.2) is 58.4 Å². The fourth-order valence-electron chi connectivity index (χ4n) is 3.24. The van der Waals surface area contributed by atoms with E-state index < -0.39 is 0 Å². The van der Waals surface area contributed by atoms with Crippen molar-refractivity contribution in [2.24, 2.45) is 0 Å². The first-order valence-corrected chi connectivity index (χ1v) is 9.53. The van der Waals surface area contributed by atoms with E-state index in [1.165, 1.54) is 11.8 Å². The predicted octanol–water partition coefficient (Wildman–Crippen LogP) is 3.48. The van der Waals surface area contributed by atoms with Crippen LogP contribution in [0.5, 0.6) is 0 Å². The summed E-state index contributed by atoms with van der Waals surface area (Å²) in [5.41, 5.74) is 2.00. The summed E-state index contributed by atoms with van der Waals surface area (Å²) in [6.07, 6.45) is 4.26. The van der Waals surface area contributed by atoms with E-state index in [2.05, 4.69) is 15.2 Å². The predicted molar refractivity (Wildman–Crippen MR) is 100 cm³/mol. The lowest BCUT2D eigenvalue weighted by atomic mass is 10.1. The summed E-state index contributed by atoms with van der Waals surface area (Å²) in [4.78, 5) is 15.2. The Bertz CT molecular complexity index is 1100. The van der Waals surface area contributed by atoms with Crippen LogP contribution in [-0.4, -0.2) is 37.6 Å². The van der Waals surface area contributed by atoms with E-state index in [1.807, 2.05) is 47.2 Å². The highest BCUT2D eigenvalue weighted by molar-refractivity contribution is 8.00. The Balaban J connectivity index is 1.59. The van der Waals surface area contributed by atoms with Gasteiger partial charge in [-0.2, -0.15) is 0 Å². The minimum Gasteiger partial charge on any atom is -0.467 e. The average Bonchev–Trinajstić information content (AvgIpc) is 3.46. The van der Waals surface area contributed by atoms with Gasteiger partial charge in [-0.05, 0) is 18.2 Å². The summed E-state index contributed by atoms with van der Waals surface area (Å²) < 4.78 is 12.6. The molecule has 136 valence electrons. The number of esters is 1. The van der Waals surface area contributed by atoms with E-state index >= 15 is 0 Å². The van der Waals surface area contributed by atoms with Crippen LogP contribution in [0.4, 0.5) is 0 Å². The van der Waals surface area contributed by atoms with E-state index in [0.29, 0.717) is 24.7 Å². The standard InChI is InChI=1S/C19H16N4O3S/c24-18-16(7-9-26-18)27-19-22-21-17(23(19)11-12-4-3-8-25-12)14-10-20-15-6-2-1-5-13(14)15/h1-6,8,10,16,20H,7,9,11H2/t16-/m1/s1. The number of nitrogens with one attached hydrogen (secondary N) is 1. The second-order valence-electron chi connectivity index (χ2n) is 6.28. The van der Waals surface area contributed by atoms with Crippen LogP contribution in [0.1, 0.15) is 12.2 Å². The number of rotatable bonds is 5. The average molecular weight is 380 g/mol. The molecule has 1 aromatic carbocycles. The van der Waals surface area contributed by atoms with Crippen molar-refractivity contribution in [2.75, 3.05) is 6.61 Å². The zero-order valence-corrected chi connectivity index (χ0v) is 15.1. The van der Waals surface area contributed by atoms with Crippen molar-refractivity contribution >= 4 is 28.6 Å². The lowest BCUT2D eigenvalue weighted by Crippen LogP contribution is -2.12. The molecule has 5 rings (SSSR count). The van der Waals surface area contributed by atoms with Crippen molar-refractivity contribution in [1.29, 1.82) is 0 Å². The molecule has 7 nitrogen and oxygen atoms in total. The largest absolute Gasteiger partial charge is 0.467 e. The van der Waals surface area contributed by atoms with E-state index in [1.54, 1.807) is 6.26 Å². The molecular weight excluding hydrogens is 364 g/mol. The van der Waals surface area contributed by atoms with Gasteiger partial charge in [-0.15, -0.1) is 10.2 Å². The number of hydrogen-bond donors (Lipinski definition) is 1. The maximum absolute atomic E-state index is 11.9. The van der Waals surface area contributed by atoms with Gasteiger partial charge in [0.05, 0.1) is 19.4 Å². The number of benzene rings is 1. The van der Waals surface area contributed by atoms with Gasteiger partial charge < -0.3 is 14.1 Å². The second kappa shape index (κ2) is 6.62. The highest BCUT2D eigenvalue weighted by atomic mass is 32.2. The molecular formula is C19H16N4O3S. The minimum atomic E-state index is -0.250. The van der Waals surface area contributed by atoms with E-state index in [4.69, 9.17) is 9.15 Å². The molecule has 3 aromatic heterocycles. The van der Waals surface area contributed by atoms with Gasteiger partial charge in [-0.25, -0.2) is 0 Å². The molecule has 8 heteroatoms. The molecule has 1 fully saturated rings. The summed E-state index contributed by atoms with van der Waals surface area (Å²) in [5, 5.41) is 10.3. The molecule has 0 radical (unpaired) electrons. The monoisotopic (exact) mass is 380 g/mol. The first kappa shape index (κ1) is 16.2. The maximum atomic E-state index is 11.9. The number of aromatic nitrogens is 4. The van der Waals surface area contributed by atoms with Crippen molar-refractivity contribution < 1.29 is 13.9 Å². The van der Waals surface area contributed by atoms with Gasteiger partial charge in [0.15, 0.2) is 11.0 Å². The number of aromatic amines is 1. The van der Waals surface area contributed by atoms with Crippen LogP contribution >= 0.6 is 11.8 Å². The van der Waals surface area contributed by atoms with Crippen LogP contribution in [0.2, 0.25) is 0 Å². The van der Waals surface area contributed by atoms with Crippen molar-refractivity contribution in [2.45, 2.75) is 23.4 Å². The van der Waals surface area contributed by atoms with E-state index in [-0.39, 0.29) is 11.2 Å². The highest BCUT2D eigenvalue weighted by Gasteiger charge is 2.30. The van der Waals surface area contributed by atoms with Crippen LogP contribution in [0.3, 0.4) is 0 Å². The topological polar surface area (TPSA) is 85.9 Å². The highest BCUT2D eigenvalue weighted by Crippen LogP contribution is 2.34. The fourth-order valence-corrected chi connectivity index (χ4v) is 4.24. The summed E-state index contributed by atoms with van der Waals surface area (Å²) >= 11 is 1.39.